The summed E-state index contributed by atoms with van der Waals surface area (Å²) in [4.78, 5) is 24.8. The molecule has 0 aliphatic carbocycles. The average molecular weight is 716 g/mol. The molecule has 0 fully saturated rings. The highest BCUT2D eigenvalue weighted by atomic mass is 15.0. The van der Waals surface area contributed by atoms with Crippen molar-refractivity contribution in [3.8, 4) is 78.9 Å². The maximum Gasteiger partial charge on any atom is 0.164 e. The van der Waals surface area contributed by atoms with E-state index in [2.05, 4.69) is 152 Å². The van der Waals surface area contributed by atoms with Crippen LogP contribution in [0.3, 0.4) is 0 Å². The summed E-state index contributed by atoms with van der Waals surface area (Å²) in [5.74, 6) is 1.90. The van der Waals surface area contributed by atoms with Gasteiger partial charge in [-0.2, -0.15) is 0 Å². The van der Waals surface area contributed by atoms with Crippen LogP contribution in [0, 0.1) is 0 Å². The molecule has 0 aliphatic rings. The second-order valence-corrected chi connectivity index (χ2v) is 13.7. The third-order valence-corrected chi connectivity index (χ3v) is 10.2. The standard InChI is InChI=1S/C51H33N5/c1-3-12-34(13-4-1)35-22-26-38(27-23-35)50-54-49(37-14-5-2-6-15-37)55-51(56-50)39-28-24-36(25-29-39)40-16-11-17-41(32-40)42-30-31-47(52-33-42)48-45-20-8-7-18-43(45)44-19-9-10-21-46(44)53-48/h1-33H. The third-order valence-electron chi connectivity index (χ3n) is 10.2. The minimum Gasteiger partial charge on any atom is -0.254 e. The zero-order valence-corrected chi connectivity index (χ0v) is 30.3. The molecule has 5 nitrogen and oxygen atoms in total. The Labute approximate surface area is 324 Å². The van der Waals surface area contributed by atoms with Crippen LogP contribution in [-0.4, -0.2) is 24.9 Å². The van der Waals surface area contributed by atoms with Crippen LogP contribution in [0.25, 0.3) is 101 Å². The Kier molecular flexibility index (Phi) is 8.43. The number of aromatic nitrogens is 5. The lowest BCUT2D eigenvalue weighted by Crippen LogP contribution is -2.00. The molecule has 3 aromatic heterocycles. The normalized spacial score (nSPS) is 11.2. The Morgan fingerprint density at radius 2 is 0.696 bits per heavy atom. The molecule has 0 bridgehead atoms. The van der Waals surface area contributed by atoms with E-state index in [9.17, 15) is 0 Å². The van der Waals surface area contributed by atoms with E-state index in [1.807, 2.05) is 48.7 Å². The Morgan fingerprint density at radius 3 is 1.30 bits per heavy atom. The van der Waals surface area contributed by atoms with Gasteiger partial charge in [-0.1, -0.05) is 176 Å². The van der Waals surface area contributed by atoms with Gasteiger partial charge in [-0.05, 0) is 51.4 Å². The summed E-state index contributed by atoms with van der Waals surface area (Å²) < 4.78 is 0. The van der Waals surface area contributed by atoms with Crippen LogP contribution >= 0.6 is 0 Å². The van der Waals surface area contributed by atoms with Crippen LogP contribution in [0.5, 0.6) is 0 Å². The van der Waals surface area contributed by atoms with Crippen molar-refractivity contribution >= 4 is 21.7 Å². The summed E-state index contributed by atoms with van der Waals surface area (Å²) >= 11 is 0. The lowest BCUT2D eigenvalue weighted by Gasteiger charge is -2.11. The van der Waals surface area contributed by atoms with Crippen LogP contribution in [0.15, 0.2) is 200 Å². The molecule has 5 heteroatoms. The molecule has 0 aliphatic heterocycles. The molecule has 0 saturated carbocycles. The fourth-order valence-corrected chi connectivity index (χ4v) is 7.29. The number of para-hydroxylation sites is 1. The molecule has 0 atom stereocenters. The number of nitrogens with zero attached hydrogens (tertiary/aromatic N) is 5. The zero-order chi connectivity index (χ0) is 37.3. The molecule has 56 heavy (non-hydrogen) atoms. The summed E-state index contributed by atoms with van der Waals surface area (Å²) in [5.41, 5.74) is 12.2. The fraction of sp³-hybridized carbons (Fsp3) is 0. The molecule has 3 heterocycles. The van der Waals surface area contributed by atoms with Gasteiger partial charge in [0.15, 0.2) is 17.5 Å². The van der Waals surface area contributed by atoms with E-state index in [1.165, 1.54) is 10.9 Å². The molecule has 0 unspecified atom stereocenters. The highest BCUT2D eigenvalue weighted by Gasteiger charge is 2.14. The lowest BCUT2D eigenvalue weighted by molar-refractivity contribution is 1.07. The summed E-state index contributed by atoms with van der Waals surface area (Å²) in [6, 6.07) is 66.8. The molecular weight excluding hydrogens is 683 g/mol. The predicted molar refractivity (Wildman–Crippen MR) is 228 cm³/mol. The van der Waals surface area contributed by atoms with Crippen molar-refractivity contribution < 1.29 is 0 Å². The van der Waals surface area contributed by atoms with E-state index in [1.54, 1.807) is 0 Å². The molecule has 7 aromatic carbocycles. The van der Waals surface area contributed by atoms with Crippen molar-refractivity contribution in [3.05, 3.63) is 200 Å². The second-order valence-electron chi connectivity index (χ2n) is 13.7. The van der Waals surface area contributed by atoms with E-state index < -0.39 is 0 Å². The van der Waals surface area contributed by atoms with Crippen molar-refractivity contribution in [2.75, 3.05) is 0 Å². The molecule has 0 radical (unpaired) electrons. The molecule has 0 N–H and O–H groups in total. The van der Waals surface area contributed by atoms with Gasteiger partial charge < -0.3 is 0 Å². The first kappa shape index (κ1) is 33.0. The highest BCUT2D eigenvalue weighted by molar-refractivity contribution is 6.10. The number of hydrogen-bond donors (Lipinski definition) is 0. The van der Waals surface area contributed by atoms with Crippen LogP contribution < -0.4 is 0 Å². The summed E-state index contributed by atoms with van der Waals surface area (Å²) in [6.07, 6.45) is 1.95. The van der Waals surface area contributed by atoms with Crippen molar-refractivity contribution in [1.82, 2.24) is 24.9 Å². The SMILES string of the molecule is c1ccc(-c2ccc(-c3nc(-c4ccccc4)nc(-c4ccc(-c5cccc(-c6ccc(-c7nc8ccccc8c8ccccc78)nc6)c5)cc4)n3)cc2)cc1. The van der Waals surface area contributed by atoms with Crippen molar-refractivity contribution in [3.63, 3.8) is 0 Å². The fourth-order valence-electron chi connectivity index (χ4n) is 7.29. The Bertz CT molecular complexity index is 2980. The summed E-state index contributed by atoms with van der Waals surface area (Å²) in [7, 11) is 0. The average Bonchev–Trinajstić information content (AvgIpc) is 3.29. The Morgan fingerprint density at radius 1 is 0.268 bits per heavy atom. The van der Waals surface area contributed by atoms with E-state index in [0.29, 0.717) is 17.5 Å². The van der Waals surface area contributed by atoms with Gasteiger partial charge >= 0.3 is 0 Å². The van der Waals surface area contributed by atoms with Gasteiger partial charge in [0.1, 0.15) is 0 Å². The number of fused-ring (bicyclic) bond motifs is 3. The monoisotopic (exact) mass is 715 g/mol. The summed E-state index contributed by atoms with van der Waals surface area (Å²) in [5, 5.41) is 3.42. The van der Waals surface area contributed by atoms with Crippen molar-refractivity contribution in [1.29, 1.82) is 0 Å². The predicted octanol–water partition coefficient (Wildman–Crippen LogP) is 12.6. The van der Waals surface area contributed by atoms with E-state index in [0.717, 1.165) is 72.2 Å². The zero-order valence-electron chi connectivity index (χ0n) is 30.3. The first-order valence-electron chi connectivity index (χ1n) is 18.7. The number of pyridine rings is 2. The van der Waals surface area contributed by atoms with Crippen molar-refractivity contribution in [2.45, 2.75) is 0 Å². The molecule has 0 saturated heterocycles. The maximum absolute atomic E-state index is 5.04. The first-order chi connectivity index (χ1) is 27.7. The van der Waals surface area contributed by atoms with Crippen LogP contribution in [-0.2, 0) is 0 Å². The van der Waals surface area contributed by atoms with E-state index >= 15 is 0 Å². The molecule has 10 rings (SSSR count). The lowest BCUT2D eigenvalue weighted by atomic mass is 9.98. The third kappa shape index (κ3) is 6.37. The number of benzene rings is 7. The number of rotatable bonds is 7. The highest BCUT2D eigenvalue weighted by Crippen LogP contribution is 2.34. The number of hydrogen-bond acceptors (Lipinski definition) is 5. The second kappa shape index (κ2) is 14.3. The van der Waals surface area contributed by atoms with Gasteiger partial charge in [-0.25, -0.2) is 19.9 Å². The van der Waals surface area contributed by atoms with Crippen LogP contribution in [0.4, 0.5) is 0 Å². The smallest absolute Gasteiger partial charge is 0.164 e. The van der Waals surface area contributed by atoms with Gasteiger partial charge in [-0.15, -0.1) is 0 Å². The van der Waals surface area contributed by atoms with Crippen LogP contribution in [0.1, 0.15) is 0 Å². The Balaban J connectivity index is 0.948. The largest absolute Gasteiger partial charge is 0.254 e. The maximum atomic E-state index is 5.04. The van der Waals surface area contributed by atoms with Gasteiger partial charge in [-0.3, -0.25) is 4.98 Å². The topological polar surface area (TPSA) is 64.5 Å². The van der Waals surface area contributed by atoms with Gasteiger partial charge in [0.05, 0.1) is 16.9 Å². The minimum atomic E-state index is 0.626. The molecule has 0 amide bonds. The van der Waals surface area contributed by atoms with Gasteiger partial charge in [0, 0.05) is 39.2 Å². The quantitative estimate of drug-likeness (QED) is 0.154. The van der Waals surface area contributed by atoms with Crippen LogP contribution in [0.2, 0.25) is 0 Å². The van der Waals surface area contributed by atoms with E-state index in [-0.39, 0.29) is 0 Å². The minimum absolute atomic E-state index is 0.626. The van der Waals surface area contributed by atoms with Crippen molar-refractivity contribution in [2.24, 2.45) is 0 Å². The van der Waals surface area contributed by atoms with Gasteiger partial charge in [0.25, 0.3) is 0 Å². The molecular formula is C51H33N5. The van der Waals surface area contributed by atoms with Gasteiger partial charge in [0.2, 0.25) is 0 Å². The Hall–Kier alpha value is -7.63. The summed E-state index contributed by atoms with van der Waals surface area (Å²) in [6.45, 7) is 0. The molecule has 10 aromatic rings. The molecule has 0 spiro atoms. The first-order valence-corrected chi connectivity index (χ1v) is 18.7. The van der Waals surface area contributed by atoms with E-state index in [4.69, 9.17) is 24.9 Å². The molecule has 262 valence electrons.